The third kappa shape index (κ3) is 3.65. The molecular formula is C21H14ClNO3S. The monoisotopic (exact) mass is 395 g/mol. The van der Waals surface area contributed by atoms with Crippen LogP contribution in [0.5, 0.6) is 5.75 Å². The lowest BCUT2D eigenvalue weighted by molar-refractivity contribution is 0.0691. The van der Waals surface area contributed by atoms with Gasteiger partial charge in [-0.2, -0.15) is 0 Å². The molecule has 4 aromatic rings. The van der Waals surface area contributed by atoms with Crippen molar-refractivity contribution in [3.8, 4) is 16.3 Å². The van der Waals surface area contributed by atoms with Crippen molar-refractivity contribution in [2.75, 3.05) is 0 Å². The molecule has 4 nitrogen and oxygen atoms in total. The van der Waals surface area contributed by atoms with E-state index in [2.05, 4.69) is 4.98 Å². The molecule has 134 valence electrons. The van der Waals surface area contributed by atoms with Crippen LogP contribution in [0.3, 0.4) is 0 Å². The third-order valence-electron chi connectivity index (χ3n) is 4.11. The first-order valence-electron chi connectivity index (χ1n) is 8.20. The molecule has 0 unspecified atom stereocenters. The van der Waals surface area contributed by atoms with Crippen molar-refractivity contribution in [2.24, 2.45) is 0 Å². The zero-order valence-corrected chi connectivity index (χ0v) is 15.6. The van der Waals surface area contributed by atoms with Crippen molar-refractivity contribution in [3.05, 3.63) is 82.3 Å². The number of halogens is 1. The van der Waals surface area contributed by atoms with Crippen molar-refractivity contribution >= 4 is 39.7 Å². The fourth-order valence-electron chi connectivity index (χ4n) is 2.87. The number of fused-ring (bicyclic) bond motifs is 1. The van der Waals surface area contributed by atoms with Gasteiger partial charge >= 0.3 is 5.97 Å². The van der Waals surface area contributed by atoms with E-state index < -0.39 is 5.97 Å². The number of ether oxygens (including phenoxy) is 1. The van der Waals surface area contributed by atoms with Gasteiger partial charge in [-0.3, -0.25) is 0 Å². The van der Waals surface area contributed by atoms with Crippen molar-refractivity contribution in [1.29, 1.82) is 0 Å². The number of nitrogens with zero attached hydrogens (tertiary/aromatic N) is 1. The highest BCUT2D eigenvalue weighted by atomic mass is 35.5. The number of carbonyl (C=O) groups is 1. The Labute approximate surface area is 164 Å². The SMILES string of the molecule is O=C(O)c1csc(-c2c(OCc3cccc(Cl)c3)ccc3ccccc23)n1. The van der Waals surface area contributed by atoms with Crippen LogP contribution in [-0.2, 0) is 6.61 Å². The number of aromatic nitrogens is 1. The van der Waals surface area contributed by atoms with Crippen LogP contribution in [-0.4, -0.2) is 16.1 Å². The Balaban J connectivity index is 1.78. The molecule has 0 aliphatic carbocycles. The van der Waals surface area contributed by atoms with Gasteiger partial charge in [-0.25, -0.2) is 9.78 Å². The zero-order valence-electron chi connectivity index (χ0n) is 14.1. The molecule has 1 heterocycles. The van der Waals surface area contributed by atoms with Crippen LogP contribution < -0.4 is 4.74 Å². The molecule has 0 aliphatic heterocycles. The third-order valence-corrected chi connectivity index (χ3v) is 5.21. The van der Waals surface area contributed by atoms with Crippen LogP contribution >= 0.6 is 22.9 Å². The van der Waals surface area contributed by atoms with Gasteiger partial charge in [0.15, 0.2) is 5.69 Å². The number of thiazole rings is 1. The van der Waals surface area contributed by atoms with E-state index in [0.29, 0.717) is 22.4 Å². The van der Waals surface area contributed by atoms with Crippen LogP contribution in [0.2, 0.25) is 5.02 Å². The minimum Gasteiger partial charge on any atom is -0.488 e. The van der Waals surface area contributed by atoms with Crippen LogP contribution in [0, 0.1) is 0 Å². The van der Waals surface area contributed by atoms with Crippen molar-refractivity contribution in [3.63, 3.8) is 0 Å². The van der Waals surface area contributed by atoms with Crippen LogP contribution in [0.1, 0.15) is 16.1 Å². The van der Waals surface area contributed by atoms with Gasteiger partial charge in [0.1, 0.15) is 17.4 Å². The minimum absolute atomic E-state index is 0.0312. The molecule has 0 atom stereocenters. The number of rotatable bonds is 5. The molecular weight excluding hydrogens is 382 g/mol. The Morgan fingerprint density at radius 3 is 2.74 bits per heavy atom. The van der Waals surface area contributed by atoms with Gasteiger partial charge in [0, 0.05) is 10.4 Å². The first kappa shape index (κ1) is 17.5. The summed E-state index contributed by atoms with van der Waals surface area (Å²) in [5, 5.41) is 14.0. The Kier molecular flexibility index (Phi) is 4.79. The van der Waals surface area contributed by atoms with Crippen LogP contribution in [0.4, 0.5) is 0 Å². The molecule has 27 heavy (non-hydrogen) atoms. The van der Waals surface area contributed by atoms with E-state index >= 15 is 0 Å². The average molecular weight is 396 g/mol. The predicted molar refractivity (Wildman–Crippen MR) is 108 cm³/mol. The van der Waals surface area contributed by atoms with Gasteiger partial charge in [0.25, 0.3) is 0 Å². The number of hydrogen-bond acceptors (Lipinski definition) is 4. The van der Waals surface area contributed by atoms with E-state index in [4.69, 9.17) is 16.3 Å². The Bertz CT molecular complexity index is 1140. The number of benzene rings is 3. The van der Waals surface area contributed by atoms with E-state index in [0.717, 1.165) is 21.9 Å². The summed E-state index contributed by atoms with van der Waals surface area (Å²) in [5.41, 5.74) is 1.78. The smallest absolute Gasteiger partial charge is 0.355 e. The van der Waals surface area contributed by atoms with Gasteiger partial charge in [-0.1, -0.05) is 54.1 Å². The summed E-state index contributed by atoms with van der Waals surface area (Å²) in [6.07, 6.45) is 0. The minimum atomic E-state index is -1.04. The van der Waals surface area contributed by atoms with Gasteiger partial charge in [-0.15, -0.1) is 11.3 Å². The molecule has 1 aromatic heterocycles. The Morgan fingerprint density at radius 1 is 1.11 bits per heavy atom. The number of carboxylic acid groups (broad SMARTS) is 1. The van der Waals surface area contributed by atoms with E-state index in [1.165, 1.54) is 11.3 Å². The normalized spacial score (nSPS) is 10.9. The predicted octanol–water partition coefficient (Wildman–Crippen LogP) is 5.89. The second-order valence-electron chi connectivity index (χ2n) is 5.92. The second-order valence-corrected chi connectivity index (χ2v) is 7.22. The zero-order chi connectivity index (χ0) is 18.8. The van der Waals surface area contributed by atoms with Gasteiger partial charge in [0.2, 0.25) is 0 Å². The van der Waals surface area contributed by atoms with Crippen LogP contribution in [0.25, 0.3) is 21.3 Å². The lowest BCUT2D eigenvalue weighted by Crippen LogP contribution is -1.99. The average Bonchev–Trinajstić information content (AvgIpc) is 3.16. The molecule has 0 radical (unpaired) electrons. The molecule has 0 bridgehead atoms. The molecule has 4 rings (SSSR count). The van der Waals surface area contributed by atoms with E-state index in [-0.39, 0.29) is 5.69 Å². The highest BCUT2D eigenvalue weighted by molar-refractivity contribution is 7.13. The highest BCUT2D eigenvalue weighted by Crippen LogP contribution is 2.39. The topological polar surface area (TPSA) is 59.4 Å². The number of aromatic carboxylic acids is 1. The van der Waals surface area contributed by atoms with Crippen LogP contribution in [0.15, 0.2) is 66.0 Å². The van der Waals surface area contributed by atoms with Gasteiger partial charge in [-0.05, 0) is 34.5 Å². The van der Waals surface area contributed by atoms with Crippen molar-refractivity contribution < 1.29 is 14.6 Å². The molecule has 0 aliphatic rings. The summed E-state index contributed by atoms with van der Waals surface area (Å²) in [7, 11) is 0. The summed E-state index contributed by atoms with van der Waals surface area (Å²) >= 11 is 7.34. The molecule has 0 amide bonds. The first-order chi connectivity index (χ1) is 13.1. The highest BCUT2D eigenvalue weighted by Gasteiger charge is 2.17. The maximum absolute atomic E-state index is 11.2. The van der Waals surface area contributed by atoms with E-state index in [1.807, 2.05) is 60.7 Å². The summed E-state index contributed by atoms with van der Waals surface area (Å²) in [6.45, 7) is 0.350. The first-order valence-corrected chi connectivity index (χ1v) is 9.46. The van der Waals surface area contributed by atoms with Crippen molar-refractivity contribution in [2.45, 2.75) is 6.61 Å². The lowest BCUT2D eigenvalue weighted by Gasteiger charge is -2.13. The molecule has 6 heteroatoms. The summed E-state index contributed by atoms with van der Waals surface area (Å²) in [6, 6.07) is 19.3. The Hall–Kier alpha value is -2.89. The molecule has 0 spiro atoms. The quantitative estimate of drug-likeness (QED) is 0.457. The second kappa shape index (κ2) is 7.39. The molecule has 0 saturated carbocycles. The largest absolute Gasteiger partial charge is 0.488 e. The summed E-state index contributed by atoms with van der Waals surface area (Å²) in [4.78, 5) is 15.5. The molecule has 0 fully saturated rings. The van der Waals surface area contributed by atoms with E-state index in [1.54, 1.807) is 5.38 Å². The molecule has 3 aromatic carbocycles. The number of carboxylic acids is 1. The summed E-state index contributed by atoms with van der Waals surface area (Å²) < 4.78 is 6.07. The summed E-state index contributed by atoms with van der Waals surface area (Å²) in [5.74, 6) is -0.390. The van der Waals surface area contributed by atoms with E-state index in [9.17, 15) is 9.90 Å². The molecule has 0 saturated heterocycles. The maximum Gasteiger partial charge on any atom is 0.355 e. The van der Waals surface area contributed by atoms with Gasteiger partial charge in [0.05, 0.1) is 5.56 Å². The fourth-order valence-corrected chi connectivity index (χ4v) is 3.94. The fraction of sp³-hybridized carbons (Fsp3) is 0.0476. The van der Waals surface area contributed by atoms with Gasteiger partial charge < -0.3 is 9.84 Å². The standard InChI is InChI=1S/C21H14ClNO3S/c22-15-6-3-4-13(10-15)11-26-18-9-8-14-5-1-2-7-16(14)19(18)20-23-17(12-27-20)21(24)25/h1-10,12H,11H2,(H,24,25). The number of hydrogen-bond donors (Lipinski definition) is 1. The lowest BCUT2D eigenvalue weighted by atomic mass is 10.0. The van der Waals surface area contributed by atoms with Crippen molar-refractivity contribution in [1.82, 2.24) is 4.98 Å². The maximum atomic E-state index is 11.2. The molecule has 1 N–H and O–H groups in total. The Morgan fingerprint density at radius 2 is 1.96 bits per heavy atom.